The van der Waals surface area contributed by atoms with Gasteiger partial charge in [0, 0.05) is 5.02 Å². The van der Waals surface area contributed by atoms with Crippen molar-refractivity contribution in [2.24, 2.45) is 0 Å². The molecule has 72 valence electrons. The number of aliphatic hydroxyl groups excluding tert-OH is 1. The Hall–Kier alpha value is -0.640. The van der Waals surface area contributed by atoms with Crippen LogP contribution in [-0.2, 0) is 0 Å². The number of rotatable bonds is 3. The summed E-state index contributed by atoms with van der Waals surface area (Å²) in [6, 6.07) is 3.20. The fourth-order valence-electron chi connectivity index (χ4n) is 0.984. The van der Waals surface area contributed by atoms with Gasteiger partial charge in [-0.15, -0.1) is 0 Å². The Labute approximate surface area is 86.2 Å². The Morgan fingerprint density at radius 1 is 1.46 bits per heavy atom. The van der Waals surface area contributed by atoms with Gasteiger partial charge in [0.2, 0.25) is 0 Å². The van der Waals surface area contributed by atoms with E-state index in [0.717, 1.165) is 0 Å². The number of methoxy groups -OCH3 is 1. The average molecular weight is 222 g/mol. The molecule has 0 aromatic heterocycles. The van der Waals surface area contributed by atoms with E-state index >= 15 is 0 Å². The molecule has 0 heterocycles. The molecule has 0 aliphatic heterocycles. The van der Waals surface area contributed by atoms with E-state index in [1.165, 1.54) is 7.11 Å². The predicted octanol–water partition coefficient (Wildman–Crippen LogP) is 2.36. The maximum Gasteiger partial charge on any atom is 0.160 e. The molecule has 0 atom stereocenters. The van der Waals surface area contributed by atoms with Gasteiger partial charge in [-0.2, -0.15) is 0 Å². The number of hydrogen-bond donors (Lipinski definition) is 2. The van der Waals surface area contributed by atoms with Crippen LogP contribution in [0.5, 0.6) is 5.75 Å². The van der Waals surface area contributed by atoms with E-state index in [4.69, 9.17) is 33.0 Å². The van der Waals surface area contributed by atoms with Gasteiger partial charge in [0.1, 0.15) is 6.73 Å². The third kappa shape index (κ3) is 2.40. The molecule has 13 heavy (non-hydrogen) atoms. The van der Waals surface area contributed by atoms with Crippen molar-refractivity contribution >= 4 is 28.9 Å². The molecule has 0 unspecified atom stereocenters. The molecule has 5 heteroatoms. The fraction of sp³-hybridized carbons (Fsp3) is 0.250. The first-order valence-electron chi connectivity index (χ1n) is 3.56. The van der Waals surface area contributed by atoms with Crippen molar-refractivity contribution in [3.8, 4) is 5.75 Å². The van der Waals surface area contributed by atoms with Crippen LogP contribution in [0.15, 0.2) is 12.1 Å². The molecule has 0 saturated heterocycles. The molecule has 0 spiro atoms. The van der Waals surface area contributed by atoms with E-state index in [0.29, 0.717) is 21.5 Å². The van der Waals surface area contributed by atoms with Crippen LogP contribution in [0, 0.1) is 0 Å². The Kier molecular flexibility index (Phi) is 3.66. The largest absolute Gasteiger partial charge is 0.493 e. The zero-order valence-electron chi connectivity index (χ0n) is 6.97. The van der Waals surface area contributed by atoms with Crippen molar-refractivity contribution in [3.05, 3.63) is 22.2 Å². The third-order valence-corrected chi connectivity index (χ3v) is 1.98. The van der Waals surface area contributed by atoms with Crippen LogP contribution in [0.1, 0.15) is 0 Å². The number of hydrogen-bond acceptors (Lipinski definition) is 3. The summed E-state index contributed by atoms with van der Waals surface area (Å²) in [4.78, 5) is 0. The molecule has 0 saturated carbocycles. The molecule has 0 amide bonds. The van der Waals surface area contributed by atoms with Crippen LogP contribution in [0.2, 0.25) is 10.0 Å². The van der Waals surface area contributed by atoms with Gasteiger partial charge >= 0.3 is 0 Å². The quantitative estimate of drug-likeness (QED) is 0.771. The van der Waals surface area contributed by atoms with Crippen LogP contribution in [0.3, 0.4) is 0 Å². The zero-order valence-corrected chi connectivity index (χ0v) is 8.49. The first-order valence-corrected chi connectivity index (χ1v) is 4.32. The van der Waals surface area contributed by atoms with Crippen molar-refractivity contribution in [2.45, 2.75) is 0 Å². The van der Waals surface area contributed by atoms with E-state index in [1.54, 1.807) is 12.1 Å². The normalized spacial score (nSPS) is 9.85. The summed E-state index contributed by atoms with van der Waals surface area (Å²) < 4.78 is 5.02. The highest BCUT2D eigenvalue weighted by molar-refractivity contribution is 6.36. The van der Waals surface area contributed by atoms with Gasteiger partial charge in [0.15, 0.2) is 5.75 Å². The Morgan fingerprint density at radius 2 is 2.15 bits per heavy atom. The molecule has 0 fully saturated rings. The van der Waals surface area contributed by atoms with Gasteiger partial charge in [0.25, 0.3) is 0 Å². The smallest absolute Gasteiger partial charge is 0.160 e. The lowest BCUT2D eigenvalue weighted by molar-refractivity contribution is 0.324. The summed E-state index contributed by atoms with van der Waals surface area (Å²) in [5.74, 6) is 0.472. The lowest BCUT2D eigenvalue weighted by Crippen LogP contribution is -2.01. The molecule has 0 bridgehead atoms. The Balaban J connectivity index is 3.13. The standard InChI is InChI=1S/C8H9Cl2NO2/c1-13-8-6(10)2-5(9)3-7(8)11-4-12/h2-3,11-12H,4H2,1H3. The fourth-order valence-corrected chi connectivity index (χ4v) is 1.55. The Bertz CT molecular complexity index is 304. The van der Waals surface area contributed by atoms with Crippen molar-refractivity contribution < 1.29 is 9.84 Å². The molecule has 2 N–H and O–H groups in total. The SMILES string of the molecule is COc1c(Cl)cc(Cl)cc1NCO. The summed E-state index contributed by atoms with van der Waals surface area (Å²) in [6.07, 6.45) is 0. The highest BCUT2D eigenvalue weighted by atomic mass is 35.5. The van der Waals surface area contributed by atoms with Crippen LogP contribution < -0.4 is 10.1 Å². The molecule has 1 aromatic carbocycles. The van der Waals surface area contributed by atoms with Crippen molar-refractivity contribution in [1.29, 1.82) is 0 Å². The van der Waals surface area contributed by atoms with Crippen molar-refractivity contribution in [1.82, 2.24) is 0 Å². The lowest BCUT2D eigenvalue weighted by Gasteiger charge is -2.10. The topological polar surface area (TPSA) is 41.5 Å². The van der Waals surface area contributed by atoms with E-state index < -0.39 is 0 Å². The van der Waals surface area contributed by atoms with Crippen LogP contribution in [0.4, 0.5) is 5.69 Å². The summed E-state index contributed by atoms with van der Waals surface area (Å²) in [5, 5.41) is 12.2. The minimum absolute atomic E-state index is 0.201. The van der Waals surface area contributed by atoms with Gasteiger partial charge in [-0.05, 0) is 12.1 Å². The lowest BCUT2D eigenvalue weighted by atomic mass is 10.3. The van der Waals surface area contributed by atoms with Crippen LogP contribution in [-0.4, -0.2) is 18.9 Å². The van der Waals surface area contributed by atoms with E-state index in [-0.39, 0.29) is 6.73 Å². The molecule has 1 aromatic rings. The van der Waals surface area contributed by atoms with Crippen LogP contribution in [0.25, 0.3) is 0 Å². The molecule has 1 rings (SSSR count). The second-order valence-electron chi connectivity index (χ2n) is 2.30. The summed E-state index contributed by atoms with van der Waals surface area (Å²) in [5.41, 5.74) is 0.572. The van der Waals surface area contributed by atoms with Gasteiger partial charge < -0.3 is 15.2 Å². The number of benzene rings is 1. The maximum atomic E-state index is 8.67. The number of anilines is 1. The minimum Gasteiger partial charge on any atom is -0.493 e. The van der Waals surface area contributed by atoms with Gasteiger partial charge in [0.05, 0.1) is 17.8 Å². The highest BCUT2D eigenvalue weighted by Gasteiger charge is 2.08. The predicted molar refractivity (Wildman–Crippen MR) is 53.7 cm³/mol. The van der Waals surface area contributed by atoms with Gasteiger partial charge in [-0.25, -0.2) is 0 Å². The summed E-state index contributed by atoms with van der Waals surface area (Å²) in [7, 11) is 1.50. The zero-order chi connectivity index (χ0) is 9.84. The Morgan fingerprint density at radius 3 is 2.69 bits per heavy atom. The molecule has 3 nitrogen and oxygen atoms in total. The van der Waals surface area contributed by atoms with Gasteiger partial charge in [-0.1, -0.05) is 23.2 Å². The highest BCUT2D eigenvalue weighted by Crippen LogP contribution is 2.35. The molecular formula is C8H9Cl2NO2. The average Bonchev–Trinajstić information content (AvgIpc) is 2.04. The number of ether oxygens (including phenoxy) is 1. The minimum atomic E-state index is -0.201. The van der Waals surface area contributed by atoms with Crippen molar-refractivity contribution in [3.63, 3.8) is 0 Å². The number of aliphatic hydroxyl groups is 1. The molecule has 0 radical (unpaired) electrons. The third-order valence-electron chi connectivity index (χ3n) is 1.48. The molecule has 0 aliphatic carbocycles. The van der Waals surface area contributed by atoms with E-state index in [9.17, 15) is 0 Å². The summed E-state index contributed by atoms with van der Waals surface area (Å²) >= 11 is 11.6. The molecule has 0 aliphatic rings. The first-order chi connectivity index (χ1) is 6.19. The monoisotopic (exact) mass is 221 g/mol. The second-order valence-corrected chi connectivity index (χ2v) is 3.15. The maximum absolute atomic E-state index is 8.67. The summed E-state index contributed by atoms with van der Waals surface area (Å²) in [6.45, 7) is -0.201. The van der Waals surface area contributed by atoms with Crippen molar-refractivity contribution in [2.75, 3.05) is 19.2 Å². The molecular weight excluding hydrogens is 213 g/mol. The first kappa shape index (κ1) is 10.4. The van der Waals surface area contributed by atoms with Gasteiger partial charge in [-0.3, -0.25) is 0 Å². The number of nitrogens with one attached hydrogen (secondary N) is 1. The van der Waals surface area contributed by atoms with Crippen LogP contribution >= 0.6 is 23.2 Å². The van der Waals surface area contributed by atoms with E-state index in [1.807, 2.05) is 0 Å². The number of halogens is 2. The van der Waals surface area contributed by atoms with E-state index in [2.05, 4.69) is 5.32 Å². The second kappa shape index (κ2) is 4.56.